The fraction of sp³-hybridized carbons (Fsp3) is 0.333. The van der Waals surface area contributed by atoms with Gasteiger partial charge >= 0.3 is 5.97 Å². The van der Waals surface area contributed by atoms with Crippen LogP contribution in [0.25, 0.3) is 0 Å². The van der Waals surface area contributed by atoms with E-state index in [9.17, 15) is 4.79 Å². The number of rotatable bonds is 4. The third-order valence-electron chi connectivity index (χ3n) is 1.72. The molecule has 88 valence electrons. The number of pyridine rings is 1. The molecule has 7 heteroatoms. The van der Waals surface area contributed by atoms with Crippen molar-refractivity contribution in [2.45, 2.75) is 13.0 Å². The first-order valence-corrected chi connectivity index (χ1v) is 5.46. The first kappa shape index (κ1) is 13.5. The van der Waals surface area contributed by atoms with Gasteiger partial charge in [-0.1, -0.05) is 34.8 Å². The summed E-state index contributed by atoms with van der Waals surface area (Å²) in [6.45, 7) is 1.89. The van der Waals surface area contributed by atoms with Gasteiger partial charge in [0.2, 0.25) is 0 Å². The maximum Gasteiger partial charge on any atom is 0.339 e. The van der Waals surface area contributed by atoms with Gasteiger partial charge in [-0.2, -0.15) is 0 Å². The number of aromatic nitrogens is 1. The third kappa shape index (κ3) is 2.98. The van der Waals surface area contributed by atoms with Crippen LogP contribution in [0, 0.1) is 0 Å². The minimum absolute atomic E-state index is 0.00739. The Morgan fingerprint density at radius 2 is 2.12 bits per heavy atom. The molecule has 4 nitrogen and oxygen atoms in total. The van der Waals surface area contributed by atoms with Gasteiger partial charge in [-0.15, -0.1) is 0 Å². The quantitative estimate of drug-likeness (QED) is 0.863. The zero-order valence-electron chi connectivity index (χ0n) is 8.21. The molecular weight excluding hydrogens is 276 g/mol. The van der Waals surface area contributed by atoms with Crippen LogP contribution in [0.2, 0.25) is 15.2 Å². The molecule has 0 fully saturated rings. The molecule has 1 N–H and O–H groups in total. The molecule has 0 aromatic carbocycles. The Kier molecular flexibility index (Phi) is 4.80. The summed E-state index contributed by atoms with van der Waals surface area (Å²) in [5, 5.41) is 9.21. The van der Waals surface area contributed by atoms with E-state index in [4.69, 9.17) is 44.6 Å². The van der Waals surface area contributed by atoms with Gasteiger partial charge in [0.1, 0.15) is 10.8 Å². The molecule has 0 bridgehead atoms. The van der Waals surface area contributed by atoms with Crippen LogP contribution in [0.15, 0.2) is 6.07 Å². The first-order chi connectivity index (χ1) is 7.47. The largest absolute Gasteiger partial charge is 0.479 e. The van der Waals surface area contributed by atoms with Crippen molar-refractivity contribution in [2.24, 2.45) is 0 Å². The minimum atomic E-state index is -1.24. The molecule has 0 aliphatic rings. The molecule has 1 rings (SSSR count). The van der Waals surface area contributed by atoms with E-state index < -0.39 is 12.1 Å². The van der Waals surface area contributed by atoms with Crippen molar-refractivity contribution in [1.29, 1.82) is 0 Å². The zero-order chi connectivity index (χ0) is 12.3. The summed E-state index contributed by atoms with van der Waals surface area (Å²) in [7, 11) is 0. The summed E-state index contributed by atoms with van der Waals surface area (Å²) in [5.41, 5.74) is 0.0467. The maximum atomic E-state index is 10.9. The van der Waals surface area contributed by atoms with E-state index in [0.717, 1.165) is 0 Å². The van der Waals surface area contributed by atoms with Crippen LogP contribution in [0.4, 0.5) is 0 Å². The molecule has 1 heterocycles. The fourth-order valence-corrected chi connectivity index (χ4v) is 1.68. The molecule has 0 amide bonds. The van der Waals surface area contributed by atoms with Crippen molar-refractivity contribution < 1.29 is 14.6 Å². The SMILES string of the molecule is CCOC(C(=O)O)c1nc(Cl)c(Cl)cc1Cl. The lowest BCUT2D eigenvalue weighted by atomic mass is 10.2. The maximum absolute atomic E-state index is 10.9. The molecule has 0 saturated heterocycles. The van der Waals surface area contributed by atoms with Crippen molar-refractivity contribution in [1.82, 2.24) is 4.98 Å². The van der Waals surface area contributed by atoms with Crippen molar-refractivity contribution in [3.8, 4) is 0 Å². The normalized spacial score (nSPS) is 12.5. The number of hydrogen-bond acceptors (Lipinski definition) is 3. The van der Waals surface area contributed by atoms with Crippen LogP contribution in [0.3, 0.4) is 0 Å². The number of carboxylic acid groups (broad SMARTS) is 1. The standard InChI is InChI=1S/C9H8Cl3NO3/c1-2-16-7(9(14)15)6-4(10)3-5(11)8(12)13-6/h3,7H,2H2,1H3,(H,14,15). The van der Waals surface area contributed by atoms with E-state index in [1.165, 1.54) is 6.07 Å². The van der Waals surface area contributed by atoms with Gasteiger partial charge in [0.25, 0.3) is 0 Å². The van der Waals surface area contributed by atoms with E-state index in [1.807, 2.05) is 0 Å². The smallest absolute Gasteiger partial charge is 0.339 e. The second kappa shape index (κ2) is 5.68. The minimum Gasteiger partial charge on any atom is -0.479 e. The van der Waals surface area contributed by atoms with E-state index in [1.54, 1.807) is 6.92 Å². The monoisotopic (exact) mass is 283 g/mol. The molecule has 1 atom stereocenters. The highest BCUT2D eigenvalue weighted by molar-refractivity contribution is 6.42. The lowest BCUT2D eigenvalue weighted by Gasteiger charge is -2.13. The number of ether oxygens (including phenoxy) is 1. The van der Waals surface area contributed by atoms with Gasteiger partial charge < -0.3 is 9.84 Å². The second-order valence-electron chi connectivity index (χ2n) is 2.80. The summed E-state index contributed by atoms with van der Waals surface area (Å²) in [6.07, 6.45) is -1.24. The van der Waals surface area contributed by atoms with E-state index in [0.29, 0.717) is 0 Å². The lowest BCUT2D eigenvalue weighted by molar-refractivity contribution is -0.150. The summed E-state index contributed by atoms with van der Waals surface area (Å²) in [4.78, 5) is 14.7. The van der Waals surface area contributed by atoms with Crippen molar-refractivity contribution in [2.75, 3.05) is 6.61 Å². The second-order valence-corrected chi connectivity index (χ2v) is 3.97. The van der Waals surface area contributed by atoms with Crippen LogP contribution in [0.1, 0.15) is 18.7 Å². The number of nitrogens with zero attached hydrogens (tertiary/aromatic N) is 1. The molecule has 1 unspecified atom stereocenters. The van der Waals surface area contributed by atoms with Gasteiger partial charge in [0, 0.05) is 6.61 Å². The third-order valence-corrected chi connectivity index (χ3v) is 2.70. The molecular formula is C9H8Cl3NO3. The van der Waals surface area contributed by atoms with Gasteiger partial charge in [-0.05, 0) is 13.0 Å². The van der Waals surface area contributed by atoms with Crippen LogP contribution < -0.4 is 0 Å². The molecule has 1 aromatic heterocycles. The Bertz CT molecular complexity index is 411. The van der Waals surface area contributed by atoms with Crippen LogP contribution in [0.5, 0.6) is 0 Å². The molecule has 1 aromatic rings. The molecule has 0 radical (unpaired) electrons. The van der Waals surface area contributed by atoms with Gasteiger partial charge in [0.05, 0.1) is 10.0 Å². The van der Waals surface area contributed by atoms with E-state index in [2.05, 4.69) is 4.98 Å². The summed E-state index contributed by atoms with van der Waals surface area (Å²) in [5.74, 6) is -1.19. The van der Waals surface area contributed by atoms with Gasteiger partial charge in [0.15, 0.2) is 6.10 Å². The van der Waals surface area contributed by atoms with Crippen LogP contribution >= 0.6 is 34.8 Å². The van der Waals surface area contributed by atoms with Crippen molar-refractivity contribution in [3.05, 3.63) is 27.0 Å². The average molecular weight is 285 g/mol. The Morgan fingerprint density at radius 1 is 1.50 bits per heavy atom. The number of carboxylic acids is 1. The van der Waals surface area contributed by atoms with Crippen LogP contribution in [-0.4, -0.2) is 22.7 Å². The summed E-state index contributed by atoms with van der Waals surface area (Å²) < 4.78 is 5.02. The lowest BCUT2D eigenvalue weighted by Crippen LogP contribution is -2.17. The molecule has 16 heavy (non-hydrogen) atoms. The zero-order valence-corrected chi connectivity index (χ0v) is 10.5. The predicted molar refractivity (Wildman–Crippen MR) is 61.3 cm³/mol. The van der Waals surface area contributed by atoms with Crippen LogP contribution in [-0.2, 0) is 9.53 Å². The van der Waals surface area contributed by atoms with Gasteiger partial charge in [-0.25, -0.2) is 9.78 Å². The summed E-state index contributed by atoms with van der Waals surface area (Å²) in [6, 6.07) is 1.34. The van der Waals surface area contributed by atoms with Crippen molar-refractivity contribution in [3.63, 3.8) is 0 Å². The number of hydrogen-bond donors (Lipinski definition) is 1. The average Bonchev–Trinajstić information content (AvgIpc) is 2.20. The topological polar surface area (TPSA) is 59.4 Å². The molecule has 0 spiro atoms. The highest BCUT2D eigenvalue weighted by atomic mass is 35.5. The Labute approximate surface area is 107 Å². The molecule has 0 saturated carbocycles. The van der Waals surface area contributed by atoms with Gasteiger partial charge in [-0.3, -0.25) is 0 Å². The fourth-order valence-electron chi connectivity index (χ4n) is 1.08. The van der Waals surface area contributed by atoms with E-state index >= 15 is 0 Å². The summed E-state index contributed by atoms with van der Waals surface area (Å²) >= 11 is 17.2. The number of halogens is 3. The Morgan fingerprint density at radius 3 is 2.62 bits per heavy atom. The van der Waals surface area contributed by atoms with Crippen molar-refractivity contribution >= 4 is 40.8 Å². The molecule has 0 aliphatic heterocycles. The first-order valence-electron chi connectivity index (χ1n) is 4.33. The highest BCUT2D eigenvalue weighted by Crippen LogP contribution is 2.30. The highest BCUT2D eigenvalue weighted by Gasteiger charge is 2.25. The number of carbonyl (C=O) groups is 1. The molecule has 0 aliphatic carbocycles. The number of aliphatic carboxylic acids is 1. The Hall–Kier alpha value is -0.550. The Balaban J connectivity index is 3.18. The van der Waals surface area contributed by atoms with E-state index in [-0.39, 0.29) is 27.5 Å². The predicted octanol–water partition coefficient (Wildman–Crippen LogP) is 3.20.